The Morgan fingerprint density at radius 2 is 1.84 bits per heavy atom. The maximum absolute atomic E-state index is 12.0. The van der Waals surface area contributed by atoms with Crippen molar-refractivity contribution in [3.63, 3.8) is 0 Å². The highest BCUT2D eigenvalue weighted by atomic mass is 32.2. The van der Waals surface area contributed by atoms with Crippen LogP contribution in [0, 0.1) is 5.92 Å². The van der Waals surface area contributed by atoms with Crippen molar-refractivity contribution in [2.45, 2.75) is 30.7 Å². The van der Waals surface area contributed by atoms with E-state index in [-0.39, 0.29) is 22.8 Å². The van der Waals surface area contributed by atoms with E-state index in [1.165, 1.54) is 12.1 Å². The normalized spacial score (nSPS) is 17.0. The van der Waals surface area contributed by atoms with E-state index in [2.05, 4.69) is 0 Å². The number of nitrogens with zero attached hydrogens (tertiary/aromatic N) is 1. The van der Waals surface area contributed by atoms with Crippen molar-refractivity contribution >= 4 is 15.9 Å². The monoisotopic (exact) mass is 282 g/mol. The molecule has 1 aliphatic rings. The van der Waals surface area contributed by atoms with E-state index in [9.17, 15) is 13.2 Å². The molecule has 1 aromatic carbocycles. The zero-order valence-electron chi connectivity index (χ0n) is 11.0. The molecule has 0 saturated heterocycles. The molecule has 2 rings (SSSR count). The topological polar surface area (TPSA) is 80.5 Å². The van der Waals surface area contributed by atoms with E-state index in [0.717, 1.165) is 18.4 Å². The lowest BCUT2D eigenvalue weighted by Crippen LogP contribution is -2.30. The average Bonchev–Trinajstić information content (AvgIpc) is 3.19. The Morgan fingerprint density at radius 3 is 2.26 bits per heavy atom. The van der Waals surface area contributed by atoms with E-state index in [4.69, 9.17) is 5.14 Å². The molecule has 19 heavy (non-hydrogen) atoms. The van der Waals surface area contributed by atoms with E-state index in [1.807, 2.05) is 6.92 Å². The molecule has 1 saturated carbocycles. The number of carbonyl (C=O) groups excluding carboxylic acids is 1. The van der Waals surface area contributed by atoms with E-state index < -0.39 is 10.0 Å². The molecule has 1 unspecified atom stereocenters. The van der Waals surface area contributed by atoms with Gasteiger partial charge in [-0.1, -0.05) is 12.1 Å². The van der Waals surface area contributed by atoms with Crippen LogP contribution in [0.4, 0.5) is 0 Å². The van der Waals surface area contributed by atoms with Gasteiger partial charge >= 0.3 is 0 Å². The summed E-state index contributed by atoms with van der Waals surface area (Å²) in [6.07, 6.45) is 1.94. The first-order valence-corrected chi connectivity index (χ1v) is 7.75. The predicted octanol–water partition coefficient (Wildman–Crippen LogP) is 1.26. The van der Waals surface area contributed by atoms with Crippen LogP contribution in [-0.2, 0) is 14.8 Å². The molecule has 0 aromatic heterocycles. The summed E-state index contributed by atoms with van der Waals surface area (Å²) in [4.78, 5) is 13.8. The number of benzene rings is 1. The van der Waals surface area contributed by atoms with E-state index in [1.54, 1.807) is 24.1 Å². The summed E-state index contributed by atoms with van der Waals surface area (Å²) < 4.78 is 22.3. The SMILES string of the molecule is CC(c1ccc(S(N)(=O)=O)cc1)N(C)C(=O)C1CC1. The van der Waals surface area contributed by atoms with Crippen LogP contribution in [0.1, 0.15) is 31.4 Å². The summed E-state index contributed by atoms with van der Waals surface area (Å²) >= 11 is 0. The third-order valence-corrected chi connectivity index (χ3v) is 4.48. The summed E-state index contributed by atoms with van der Waals surface area (Å²) in [5.74, 6) is 0.333. The zero-order chi connectivity index (χ0) is 14.2. The standard InChI is InChI=1S/C13H18N2O3S/c1-9(15(2)13(16)11-3-4-11)10-5-7-12(8-6-10)19(14,17)18/h5-9,11H,3-4H2,1-2H3,(H2,14,17,18). The third-order valence-electron chi connectivity index (χ3n) is 3.55. The second-order valence-corrected chi connectivity index (χ2v) is 6.57. The average molecular weight is 282 g/mol. The number of hydrogen-bond acceptors (Lipinski definition) is 3. The largest absolute Gasteiger partial charge is 0.339 e. The van der Waals surface area contributed by atoms with Gasteiger partial charge in [-0.2, -0.15) is 0 Å². The third kappa shape index (κ3) is 3.13. The second kappa shape index (κ2) is 4.94. The smallest absolute Gasteiger partial charge is 0.238 e. The van der Waals surface area contributed by atoms with Gasteiger partial charge in [-0.25, -0.2) is 13.6 Å². The molecule has 6 heteroatoms. The molecule has 0 radical (unpaired) electrons. The van der Waals surface area contributed by atoms with Crippen LogP contribution in [0.25, 0.3) is 0 Å². The molecule has 1 atom stereocenters. The van der Waals surface area contributed by atoms with Crippen LogP contribution in [-0.4, -0.2) is 26.3 Å². The highest BCUT2D eigenvalue weighted by Gasteiger charge is 2.33. The van der Waals surface area contributed by atoms with Gasteiger partial charge in [-0.3, -0.25) is 4.79 Å². The lowest BCUT2D eigenvalue weighted by molar-refractivity contribution is -0.133. The van der Waals surface area contributed by atoms with Crippen molar-refractivity contribution in [2.24, 2.45) is 11.1 Å². The second-order valence-electron chi connectivity index (χ2n) is 5.01. The van der Waals surface area contributed by atoms with Gasteiger partial charge in [0, 0.05) is 13.0 Å². The van der Waals surface area contributed by atoms with Crippen LogP contribution in [0.2, 0.25) is 0 Å². The van der Waals surface area contributed by atoms with Crippen LogP contribution < -0.4 is 5.14 Å². The first kappa shape index (κ1) is 14.0. The number of hydrogen-bond donors (Lipinski definition) is 1. The molecule has 1 aliphatic carbocycles. The van der Waals surface area contributed by atoms with Crippen molar-refractivity contribution < 1.29 is 13.2 Å². The Balaban J connectivity index is 2.15. The zero-order valence-corrected chi connectivity index (χ0v) is 11.9. The molecule has 2 N–H and O–H groups in total. The molecule has 0 aliphatic heterocycles. The minimum atomic E-state index is -3.67. The van der Waals surface area contributed by atoms with Crippen LogP contribution in [0.15, 0.2) is 29.2 Å². The van der Waals surface area contributed by atoms with Crippen LogP contribution in [0.5, 0.6) is 0 Å². The molecule has 104 valence electrons. The van der Waals surface area contributed by atoms with E-state index in [0.29, 0.717) is 0 Å². The quantitative estimate of drug-likeness (QED) is 0.902. The molecule has 1 fully saturated rings. The lowest BCUT2D eigenvalue weighted by Gasteiger charge is -2.25. The maximum atomic E-state index is 12.0. The van der Waals surface area contributed by atoms with Gasteiger partial charge in [0.25, 0.3) is 0 Å². The first-order chi connectivity index (χ1) is 8.80. The van der Waals surface area contributed by atoms with Gasteiger partial charge in [0.15, 0.2) is 0 Å². The fraction of sp³-hybridized carbons (Fsp3) is 0.462. The van der Waals surface area contributed by atoms with Crippen molar-refractivity contribution in [1.82, 2.24) is 4.90 Å². The first-order valence-electron chi connectivity index (χ1n) is 6.20. The summed E-state index contributed by atoms with van der Waals surface area (Å²) in [7, 11) is -1.89. The fourth-order valence-electron chi connectivity index (χ4n) is 1.97. The van der Waals surface area contributed by atoms with Crippen molar-refractivity contribution in [3.8, 4) is 0 Å². The van der Waals surface area contributed by atoms with Gasteiger partial charge in [0.1, 0.15) is 0 Å². The highest BCUT2D eigenvalue weighted by molar-refractivity contribution is 7.89. The number of carbonyl (C=O) groups is 1. The number of amides is 1. The fourth-order valence-corrected chi connectivity index (χ4v) is 2.48. The highest BCUT2D eigenvalue weighted by Crippen LogP contribution is 2.33. The van der Waals surface area contributed by atoms with Gasteiger partial charge in [-0.05, 0) is 37.5 Å². The van der Waals surface area contributed by atoms with Crippen molar-refractivity contribution in [2.75, 3.05) is 7.05 Å². The van der Waals surface area contributed by atoms with Crippen molar-refractivity contribution in [3.05, 3.63) is 29.8 Å². The molecule has 1 amide bonds. The molecule has 0 spiro atoms. The Kier molecular flexibility index (Phi) is 3.64. The van der Waals surface area contributed by atoms with Crippen LogP contribution >= 0.6 is 0 Å². The van der Waals surface area contributed by atoms with Gasteiger partial charge in [0.2, 0.25) is 15.9 Å². The van der Waals surface area contributed by atoms with Gasteiger partial charge in [0.05, 0.1) is 10.9 Å². The number of primary sulfonamides is 1. The number of rotatable bonds is 4. The molecular formula is C13H18N2O3S. The van der Waals surface area contributed by atoms with Crippen molar-refractivity contribution in [1.29, 1.82) is 0 Å². The minimum absolute atomic E-state index is 0.0809. The molecule has 0 heterocycles. The predicted molar refractivity (Wildman–Crippen MR) is 71.7 cm³/mol. The summed E-state index contributed by atoms with van der Waals surface area (Å²) in [5, 5.41) is 5.05. The summed E-state index contributed by atoms with van der Waals surface area (Å²) in [5.41, 5.74) is 0.893. The number of sulfonamides is 1. The molecule has 0 bridgehead atoms. The van der Waals surface area contributed by atoms with Gasteiger partial charge < -0.3 is 4.90 Å². The Morgan fingerprint density at radius 1 is 1.32 bits per heavy atom. The van der Waals surface area contributed by atoms with Crippen LogP contribution in [0.3, 0.4) is 0 Å². The van der Waals surface area contributed by atoms with E-state index >= 15 is 0 Å². The Bertz CT molecular complexity index is 576. The summed E-state index contributed by atoms with van der Waals surface area (Å²) in [6.45, 7) is 1.92. The molecule has 1 aromatic rings. The lowest BCUT2D eigenvalue weighted by atomic mass is 10.1. The summed E-state index contributed by atoms with van der Waals surface area (Å²) in [6, 6.07) is 6.25. The maximum Gasteiger partial charge on any atom is 0.238 e. The Hall–Kier alpha value is -1.40. The van der Waals surface area contributed by atoms with Gasteiger partial charge in [-0.15, -0.1) is 0 Å². The molecule has 5 nitrogen and oxygen atoms in total. The number of nitrogens with two attached hydrogens (primary N) is 1. The Labute approximate surface area is 113 Å². The molecular weight excluding hydrogens is 264 g/mol. The minimum Gasteiger partial charge on any atom is -0.339 e.